The van der Waals surface area contributed by atoms with Crippen LogP contribution in [0.15, 0.2) is 17.1 Å². The topological polar surface area (TPSA) is 74.6 Å². The Morgan fingerprint density at radius 1 is 1.19 bits per heavy atom. The number of carboxylic acids is 1. The summed E-state index contributed by atoms with van der Waals surface area (Å²) in [7, 11) is 0. The molecule has 8 heteroatoms. The van der Waals surface area contributed by atoms with E-state index in [1.165, 1.54) is 44.4 Å². The summed E-state index contributed by atoms with van der Waals surface area (Å²) in [5.41, 5.74) is -0.535. The van der Waals surface area contributed by atoms with Gasteiger partial charge in [-0.25, -0.2) is 9.18 Å². The van der Waals surface area contributed by atoms with Gasteiger partial charge in [-0.15, -0.1) is 0 Å². The van der Waals surface area contributed by atoms with Crippen molar-refractivity contribution in [2.75, 3.05) is 24.5 Å². The van der Waals surface area contributed by atoms with E-state index in [4.69, 9.17) is 11.6 Å². The fraction of sp³-hybridized carbons (Fsp3) is 0.565. The number of anilines is 1. The van der Waals surface area contributed by atoms with Gasteiger partial charge in [0.05, 0.1) is 21.6 Å². The predicted molar refractivity (Wildman–Crippen MR) is 119 cm³/mol. The van der Waals surface area contributed by atoms with E-state index in [9.17, 15) is 14.7 Å². The molecule has 0 amide bonds. The van der Waals surface area contributed by atoms with Crippen molar-refractivity contribution < 1.29 is 14.3 Å². The van der Waals surface area contributed by atoms with Gasteiger partial charge in [0.25, 0.3) is 0 Å². The van der Waals surface area contributed by atoms with Gasteiger partial charge < -0.3 is 19.9 Å². The van der Waals surface area contributed by atoms with E-state index in [0.717, 1.165) is 19.4 Å². The predicted octanol–water partition coefficient (Wildman–Crippen LogP) is 4.19. The van der Waals surface area contributed by atoms with Gasteiger partial charge in [0.1, 0.15) is 5.56 Å². The first-order chi connectivity index (χ1) is 15.0. The number of nitrogens with one attached hydrogen (secondary N) is 1. The van der Waals surface area contributed by atoms with Crippen LogP contribution in [0.3, 0.4) is 0 Å². The van der Waals surface area contributed by atoms with Crippen molar-refractivity contribution >= 4 is 34.2 Å². The van der Waals surface area contributed by atoms with Gasteiger partial charge in [0.2, 0.25) is 5.43 Å². The van der Waals surface area contributed by atoms with Gasteiger partial charge >= 0.3 is 5.97 Å². The second-order valence-corrected chi connectivity index (χ2v) is 9.54. The van der Waals surface area contributed by atoms with E-state index < -0.39 is 17.2 Å². The molecular weight excluding hydrogens is 421 g/mol. The Balaban J connectivity index is 1.59. The summed E-state index contributed by atoms with van der Waals surface area (Å²) in [5.74, 6) is -1.24. The molecule has 1 aliphatic heterocycles. The van der Waals surface area contributed by atoms with Crippen molar-refractivity contribution in [1.82, 2.24) is 9.88 Å². The van der Waals surface area contributed by atoms with Gasteiger partial charge in [0.15, 0.2) is 5.82 Å². The molecule has 1 saturated heterocycles. The Morgan fingerprint density at radius 3 is 2.61 bits per heavy atom. The zero-order chi connectivity index (χ0) is 21.7. The maximum atomic E-state index is 16.0. The van der Waals surface area contributed by atoms with Crippen LogP contribution in [0.5, 0.6) is 0 Å². The van der Waals surface area contributed by atoms with Crippen LogP contribution in [0, 0.1) is 11.7 Å². The standard InChI is InChI=1S/C23H27ClFN3O3/c24-17-10-15-20(28(14-6-7-14)11-16(22(15)29)23(30)31)19(25)21(17)27-9-8-26-18(12-27)13-4-2-1-3-5-13/h10-11,13-14,18,26H,1-9,12H2,(H,30,31). The minimum Gasteiger partial charge on any atom is -0.477 e. The fourth-order valence-corrected chi connectivity index (χ4v) is 5.66. The lowest BCUT2D eigenvalue weighted by Crippen LogP contribution is -2.54. The van der Waals surface area contributed by atoms with Crippen LogP contribution in [0.25, 0.3) is 10.9 Å². The SMILES string of the molecule is O=C(O)c1cn(C2CC2)c2c(F)c(N3CCNC(C4CCCCC4)C3)c(Cl)cc2c1=O. The number of carbonyl (C=O) groups is 1. The van der Waals surface area contributed by atoms with E-state index in [1.54, 1.807) is 4.57 Å². The van der Waals surface area contributed by atoms with Gasteiger partial charge in [-0.2, -0.15) is 0 Å². The highest BCUT2D eigenvalue weighted by molar-refractivity contribution is 6.34. The molecule has 1 unspecified atom stereocenters. The third kappa shape index (κ3) is 3.72. The Labute approximate surface area is 185 Å². The number of piperazine rings is 1. The fourth-order valence-electron chi connectivity index (χ4n) is 5.35. The summed E-state index contributed by atoms with van der Waals surface area (Å²) < 4.78 is 17.6. The average Bonchev–Trinajstić information content (AvgIpc) is 3.60. The summed E-state index contributed by atoms with van der Waals surface area (Å²) in [6.07, 6.45) is 9.14. The number of halogens is 2. The van der Waals surface area contributed by atoms with E-state index >= 15 is 4.39 Å². The first-order valence-electron chi connectivity index (χ1n) is 11.2. The molecule has 1 atom stereocenters. The van der Waals surface area contributed by atoms with E-state index in [1.807, 2.05) is 4.90 Å². The van der Waals surface area contributed by atoms with Crippen LogP contribution in [-0.2, 0) is 0 Å². The molecule has 3 fully saturated rings. The van der Waals surface area contributed by atoms with Crippen molar-refractivity contribution in [2.45, 2.75) is 57.0 Å². The highest BCUT2D eigenvalue weighted by atomic mass is 35.5. The highest BCUT2D eigenvalue weighted by Crippen LogP contribution is 2.41. The molecule has 0 radical (unpaired) electrons. The number of fused-ring (bicyclic) bond motifs is 1. The van der Waals surface area contributed by atoms with Crippen molar-refractivity contribution in [1.29, 1.82) is 0 Å². The van der Waals surface area contributed by atoms with Crippen molar-refractivity contribution in [3.05, 3.63) is 38.9 Å². The van der Waals surface area contributed by atoms with Crippen LogP contribution < -0.4 is 15.6 Å². The number of carboxylic acid groups (broad SMARTS) is 1. The van der Waals surface area contributed by atoms with Crippen LogP contribution in [0.1, 0.15) is 61.3 Å². The number of hydrogen-bond acceptors (Lipinski definition) is 4. The highest BCUT2D eigenvalue weighted by Gasteiger charge is 2.33. The number of hydrogen-bond donors (Lipinski definition) is 2. The number of aromatic nitrogens is 1. The Kier molecular flexibility index (Phi) is 5.42. The van der Waals surface area contributed by atoms with Crippen LogP contribution in [0.4, 0.5) is 10.1 Å². The summed E-state index contributed by atoms with van der Waals surface area (Å²) >= 11 is 6.53. The van der Waals surface area contributed by atoms with Crippen LogP contribution in [0.2, 0.25) is 5.02 Å². The van der Waals surface area contributed by atoms with Gasteiger partial charge in [-0.3, -0.25) is 4.79 Å². The number of nitrogens with zero attached hydrogens (tertiary/aromatic N) is 2. The molecule has 2 aromatic rings. The molecule has 1 aromatic carbocycles. The van der Waals surface area contributed by atoms with Crippen LogP contribution in [-0.4, -0.2) is 41.3 Å². The van der Waals surface area contributed by atoms with E-state index in [0.29, 0.717) is 30.7 Å². The Bertz CT molecular complexity index is 1090. The van der Waals surface area contributed by atoms with Gasteiger partial charge in [-0.1, -0.05) is 30.9 Å². The zero-order valence-electron chi connectivity index (χ0n) is 17.4. The van der Waals surface area contributed by atoms with Crippen molar-refractivity contribution in [2.24, 2.45) is 5.92 Å². The summed E-state index contributed by atoms with van der Waals surface area (Å²) in [5, 5.41) is 13.3. The van der Waals surface area contributed by atoms with Crippen molar-refractivity contribution in [3.63, 3.8) is 0 Å². The number of rotatable bonds is 4. The van der Waals surface area contributed by atoms with E-state index in [2.05, 4.69) is 5.32 Å². The van der Waals surface area contributed by atoms with Gasteiger partial charge in [0, 0.05) is 37.9 Å². The molecule has 2 heterocycles. The van der Waals surface area contributed by atoms with Crippen molar-refractivity contribution in [3.8, 4) is 0 Å². The smallest absolute Gasteiger partial charge is 0.341 e. The molecule has 5 rings (SSSR count). The molecule has 0 spiro atoms. The normalized spacial score (nSPS) is 22.8. The molecule has 6 nitrogen and oxygen atoms in total. The minimum absolute atomic E-state index is 0.0164. The molecule has 2 aliphatic carbocycles. The molecular formula is C23H27ClFN3O3. The quantitative estimate of drug-likeness (QED) is 0.735. The second-order valence-electron chi connectivity index (χ2n) is 9.14. The maximum absolute atomic E-state index is 16.0. The number of benzene rings is 1. The third-order valence-electron chi connectivity index (χ3n) is 7.09. The molecule has 0 bridgehead atoms. The zero-order valence-corrected chi connectivity index (χ0v) is 18.1. The largest absolute Gasteiger partial charge is 0.477 e. The molecule has 1 aromatic heterocycles. The minimum atomic E-state index is -1.31. The third-order valence-corrected chi connectivity index (χ3v) is 7.38. The number of pyridine rings is 1. The average molecular weight is 448 g/mol. The lowest BCUT2D eigenvalue weighted by atomic mass is 9.83. The maximum Gasteiger partial charge on any atom is 0.341 e. The molecule has 31 heavy (non-hydrogen) atoms. The summed E-state index contributed by atoms with van der Waals surface area (Å²) in [4.78, 5) is 26.3. The second kappa shape index (κ2) is 8.10. The Hall–Kier alpha value is -2.12. The number of aromatic carboxylic acids is 1. The molecule has 3 aliphatic rings. The van der Waals surface area contributed by atoms with E-state index in [-0.39, 0.29) is 27.5 Å². The monoisotopic (exact) mass is 447 g/mol. The first-order valence-corrected chi connectivity index (χ1v) is 11.6. The Morgan fingerprint density at radius 2 is 1.94 bits per heavy atom. The lowest BCUT2D eigenvalue weighted by Gasteiger charge is -2.40. The molecule has 2 saturated carbocycles. The van der Waals surface area contributed by atoms with Crippen LogP contribution >= 0.6 is 11.6 Å². The lowest BCUT2D eigenvalue weighted by molar-refractivity contribution is 0.0695. The summed E-state index contributed by atoms with van der Waals surface area (Å²) in [6.45, 7) is 2.06. The summed E-state index contributed by atoms with van der Waals surface area (Å²) in [6, 6.07) is 1.77. The molecule has 2 N–H and O–H groups in total. The van der Waals surface area contributed by atoms with Gasteiger partial charge in [-0.05, 0) is 37.7 Å². The first kappa shape index (κ1) is 20.8. The molecule has 166 valence electrons.